The van der Waals surface area contributed by atoms with Crippen LogP contribution in [0.3, 0.4) is 0 Å². The third kappa shape index (κ3) is 4.19. The maximum Gasteiger partial charge on any atom is 0.240 e. The van der Waals surface area contributed by atoms with E-state index >= 15 is 0 Å². The van der Waals surface area contributed by atoms with Crippen molar-refractivity contribution in [3.63, 3.8) is 0 Å². The summed E-state index contributed by atoms with van der Waals surface area (Å²) in [5.74, 6) is -0.725. The van der Waals surface area contributed by atoms with Crippen molar-refractivity contribution in [1.29, 1.82) is 5.26 Å². The number of rotatable bonds is 7. The average molecular weight is 330 g/mol. The molecule has 1 N–H and O–H groups in total. The molecule has 0 radical (unpaired) electrons. The first-order chi connectivity index (χ1) is 9.84. The summed E-state index contributed by atoms with van der Waals surface area (Å²) in [5.41, 5.74) is -0.278. The lowest BCUT2D eigenvalue weighted by molar-refractivity contribution is 0.522. The minimum absolute atomic E-state index is 0.0948. The molecule has 0 saturated carbocycles. The lowest BCUT2D eigenvalue weighted by Gasteiger charge is -2.29. The number of nitrogens with zero attached hydrogens (tertiary/aromatic N) is 1. The van der Waals surface area contributed by atoms with E-state index in [-0.39, 0.29) is 15.2 Å². The van der Waals surface area contributed by atoms with Crippen molar-refractivity contribution in [3.05, 3.63) is 29.6 Å². The molecule has 0 unspecified atom stereocenters. The molecule has 0 amide bonds. The van der Waals surface area contributed by atoms with Gasteiger partial charge in [-0.25, -0.2) is 17.5 Å². The van der Waals surface area contributed by atoms with Crippen molar-refractivity contribution < 1.29 is 12.8 Å². The first-order valence-corrected chi connectivity index (χ1v) is 9.29. The molecular weight excluding hydrogens is 311 g/mol. The summed E-state index contributed by atoms with van der Waals surface area (Å²) < 4.78 is 40.2. The van der Waals surface area contributed by atoms with E-state index in [1.54, 1.807) is 17.8 Å². The van der Waals surface area contributed by atoms with Crippen LogP contribution in [0, 0.1) is 17.1 Å². The average Bonchev–Trinajstić information content (AvgIpc) is 2.49. The summed E-state index contributed by atoms with van der Waals surface area (Å²) in [6.45, 7) is 4.32. The van der Waals surface area contributed by atoms with Gasteiger partial charge in [0.1, 0.15) is 11.9 Å². The van der Waals surface area contributed by atoms with Gasteiger partial charge in [-0.05, 0) is 37.3 Å². The molecule has 1 rings (SSSR count). The van der Waals surface area contributed by atoms with Crippen LogP contribution in [0.25, 0.3) is 0 Å². The smallest absolute Gasteiger partial charge is 0.210 e. The van der Waals surface area contributed by atoms with Crippen LogP contribution in [0.4, 0.5) is 4.39 Å². The monoisotopic (exact) mass is 330 g/mol. The Balaban J connectivity index is 3.00. The zero-order valence-corrected chi connectivity index (χ0v) is 13.9. The Bertz CT molecular complexity index is 627. The van der Waals surface area contributed by atoms with Gasteiger partial charge >= 0.3 is 0 Å². The van der Waals surface area contributed by atoms with E-state index in [0.717, 1.165) is 31.0 Å². The Morgan fingerprint density at radius 3 is 2.48 bits per heavy atom. The number of benzene rings is 1. The van der Waals surface area contributed by atoms with Crippen LogP contribution in [-0.2, 0) is 10.0 Å². The van der Waals surface area contributed by atoms with Crippen LogP contribution in [0.15, 0.2) is 23.1 Å². The Kier molecular flexibility index (Phi) is 6.20. The van der Waals surface area contributed by atoms with E-state index in [1.807, 2.05) is 20.1 Å². The second kappa shape index (κ2) is 7.25. The van der Waals surface area contributed by atoms with Gasteiger partial charge in [0.15, 0.2) is 0 Å². The van der Waals surface area contributed by atoms with Crippen LogP contribution in [0.1, 0.15) is 32.3 Å². The Morgan fingerprint density at radius 1 is 1.38 bits per heavy atom. The van der Waals surface area contributed by atoms with E-state index in [1.165, 1.54) is 0 Å². The maximum atomic E-state index is 13.3. The molecular formula is C14H19FN2O2S2. The van der Waals surface area contributed by atoms with Crippen molar-refractivity contribution in [2.45, 2.75) is 36.3 Å². The molecule has 0 fully saturated rings. The Labute approximate surface area is 129 Å². The molecule has 0 aliphatic heterocycles. The third-order valence-electron chi connectivity index (χ3n) is 3.67. The van der Waals surface area contributed by atoms with E-state index in [9.17, 15) is 12.8 Å². The summed E-state index contributed by atoms with van der Waals surface area (Å²) in [7, 11) is -3.75. The van der Waals surface area contributed by atoms with E-state index < -0.39 is 15.8 Å². The minimum Gasteiger partial charge on any atom is -0.210 e. The number of nitrogens with one attached hydrogen (secondary N) is 1. The molecule has 0 aliphatic rings. The quantitative estimate of drug-likeness (QED) is 0.834. The first-order valence-electron chi connectivity index (χ1n) is 6.58. The van der Waals surface area contributed by atoms with Gasteiger partial charge in [-0.15, -0.1) is 0 Å². The molecule has 0 heterocycles. The molecule has 7 heteroatoms. The zero-order valence-electron chi connectivity index (χ0n) is 12.3. The number of hydrogen-bond donors (Lipinski definition) is 1. The second-order valence-corrected chi connectivity index (χ2v) is 7.71. The highest BCUT2D eigenvalue weighted by atomic mass is 32.2. The predicted octanol–water partition coefficient (Wildman–Crippen LogP) is 2.90. The van der Waals surface area contributed by atoms with Crippen molar-refractivity contribution in [3.8, 4) is 6.07 Å². The van der Waals surface area contributed by atoms with Gasteiger partial charge in [-0.1, -0.05) is 13.8 Å². The van der Waals surface area contributed by atoms with Gasteiger partial charge in [-0.2, -0.15) is 17.0 Å². The highest BCUT2D eigenvalue weighted by molar-refractivity contribution is 8.00. The molecule has 21 heavy (non-hydrogen) atoms. The summed E-state index contributed by atoms with van der Waals surface area (Å²) in [5, 5.41) is 8.77. The van der Waals surface area contributed by atoms with Crippen LogP contribution < -0.4 is 4.72 Å². The Morgan fingerprint density at radius 2 is 2.00 bits per heavy atom. The van der Waals surface area contributed by atoms with Crippen LogP contribution >= 0.6 is 11.8 Å². The summed E-state index contributed by atoms with van der Waals surface area (Å²) in [4.78, 5) is -0.0948. The van der Waals surface area contributed by atoms with Crippen molar-refractivity contribution >= 4 is 21.8 Å². The van der Waals surface area contributed by atoms with E-state index in [4.69, 9.17) is 5.26 Å². The predicted molar refractivity (Wildman–Crippen MR) is 83.1 cm³/mol. The standard InChI is InChI=1S/C14H19FN2O2S2/c1-4-14(5-2,20-3)10-17-21(18,19)12-6-7-13(15)11(8-12)9-16/h6-8,17H,4-5,10H2,1-3H3. The van der Waals surface area contributed by atoms with Gasteiger partial charge in [0.2, 0.25) is 10.0 Å². The minimum atomic E-state index is -3.75. The number of nitriles is 1. The first kappa shape index (κ1) is 18.0. The fourth-order valence-electron chi connectivity index (χ4n) is 1.93. The third-order valence-corrected chi connectivity index (χ3v) is 6.66. The second-order valence-electron chi connectivity index (χ2n) is 4.67. The summed E-state index contributed by atoms with van der Waals surface area (Å²) >= 11 is 1.62. The van der Waals surface area contributed by atoms with E-state index in [0.29, 0.717) is 6.54 Å². The lowest BCUT2D eigenvalue weighted by Crippen LogP contribution is -2.39. The molecule has 0 saturated heterocycles. The van der Waals surface area contributed by atoms with Crippen molar-refractivity contribution in [2.75, 3.05) is 12.8 Å². The molecule has 0 spiro atoms. The van der Waals surface area contributed by atoms with Gasteiger partial charge in [-0.3, -0.25) is 0 Å². The molecule has 0 aliphatic carbocycles. The highest BCUT2D eigenvalue weighted by Crippen LogP contribution is 2.30. The zero-order chi connectivity index (χ0) is 16.1. The largest absolute Gasteiger partial charge is 0.240 e. The fourth-order valence-corrected chi connectivity index (χ4v) is 3.97. The van der Waals surface area contributed by atoms with E-state index in [2.05, 4.69) is 4.72 Å². The van der Waals surface area contributed by atoms with Gasteiger partial charge in [0, 0.05) is 11.3 Å². The lowest BCUT2D eigenvalue weighted by atomic mass is 10.0. The summed E-state index contributed by atoms with van der Waals surface area (Å²) in [6, 6.07) is 4.85. The number of thioether (sulfide) groups is 1. The molecule has 1 aromatic rings. The van der Waals surface area contributed by atoms with Crippen LogP contribution in [0.5, 0.6) is 0 Å². The molecule has 0 atom stereocenters. The van der Waals surface area contributed by atoms with Crippen molar-refractivity contribution in [1.82, 2.24) is 4.72 Å². The van der Waals surface area contributed by atoms with Gasteiger partial charge < -0.3 is 0 Å². The van der Waals surface area contributed by atoms with Gasteiger partial charge in [0.25, 0.3) is 0 Å². The van der Waals surface area contributed by atoms with Crippen LogP contribution in [0.2, 0.25) is 0 Å². The highest BCUT2D eigenvalue weighted by Gasteiger charge is 2.27. The topological polar surface area (TPSA) is 70.0 Å². The molecule has 0 aromatic heterocycles. The molecule has 116 valence electrons. The fraction of sp³-hybridized carbons (Fsp3) is 0.500. The summed E-state index contributed by atoms with van der Waals surface area (Å²) in [6.07, 6.45) is 3.62. The number of hydrogen-bond acceptors (Lipinski definition) is 4. The van der Waals surface area contributed by atoms with Crippen molar-refractivity contribution in [2.24, 2.45) is 0 Å². The Hall–Kier alpha value is -1.10. The number of sulfonamides is 1. The van der Waals surface area contributed by atoms with Crippen LogP contribution in [-0.4, -0.2) is 26.0 Å². The SMILES string of the molecule is CCC(CC)(CNS(=O)(=O)c1ccc(F)c(C#N)c1)SC. The number of halogens is 1. The van der Waals surface area contributed by atoms with Gasteiger partial charge in [0.05, 0.1) is 10.5 Å². The maximum absolute atomic E-state index is 13.3. The molecule has 4 nitrogen and oxygen atoms in total. The normalized spacial score (nSPS) is 12.1. The molecule has 1 aromatic carbocycles. The molecule has 0 bridgehead atoms.